The molecule has 4 heteroatoms. The summed E-state index contributed by atoms with van der Waals surface area (Å²) in [5, 5.41) is 2.27. The van der Waals surface area contributed by atoms with Crippen LogP contribution in [0.2, 0.25) is 0 Å². The molecule has 4 rings (SSSR count). The predicted molar refractivity (Wildman–Crippen MR) is 93.4 cm³/mol. The van der Waals surface area contributed by atoms with E-state index >= 15 is 0 Å². The van der Waals surface area contributed by atoms with Gasteiger partial charge in [-0.3, -0.25) is 9.97 Å². The Morgan fingerprint density at radius 2 is 1.16 bits per heavy atom. The molecule has 0 aliphatic rings. The fourth-order valence-electron chi connectivity index (χ4n) is 2.84. The number of hydrogen-bond acceptors (Lipinski definition) is 2. The van der Waals surface area contributed by atoms with Crippen LogP contribution in [0.5, 0.6) is 0 Å². The van der Waals surface area contributed by atoms with E-state index in [9.17, 15) is 0 Å². The first-order chi connectivity index (χ1) is 11.2. The molecule has 0 aliphatic heterocycles. The van der Waals surface area contributed by atoms with Crippen LogP contribution in [0.1, 0.15) is 22.5 Å². The maximum atomic E-state index is 4.50. The molecule has 0 N–H and O–H groups in total. The molecule has 2 aromatic carbocycles. The SMILES string of the molecule is Cc1ccc2cc(Cc3c[c-]c4nc(C)ccc4c3)c[c-]c2n1.[Y].[Y]. The normalized spacial score (nSPS) is 10.3. The Morgan fingerprint density at radius 3 is 1.60 bits per heavy atom. The molecule has 2 nitrogen and oxygen atoms in total. The molecule has 0 saturated heterocycles. The van der Waals surface area contributed by atoms with Gasteiger partial charge in [0.1, 0.15) is 0 Å². The van der Waals surface area contributed by atoms with E-state index in [-0.39, 0.29) is 65.4 Å². The molecule has 0 unspecified atom stereocenters. The Kier molecular flexibility index (Phi) is 7.40. The number of aromatic nitrogens is 2. The van der Waals surface area contributed by atoms with Crippen LogP contribution in [0, 0.1) is 26.0 Å². The predicted octanol–water partition coefficient (Wildman–Crippen LogP) is 4.59. The summed E-state index contributed by atoms with van der Waals surface area (Å²) in [5.74, 6) is 0. The number of hydrogen-bond donors (Lipinski definition) is 0. The third-order valence-electron chi connectivity index (χ3n) is 4.01. The van der Waals surface area contributed by atoms with Gasteiger partial charge >= 0.3 is 0 Å². The molecule has 118 valence electrons. The van der Waals surface area contributed by atoms with Gasteiger partial charge in [0.15, 0.2) is 0 Å². The van der Waals surface area contributed by atoms with Gasteiger partial charge in [-0.2, -0.15) is 47.5 Å². The fourth-order valence-corrected chi connectivity index (χ4v) is 2.84. The van der Waals surface area contributed by atoms with Gasteiger partial charge < -0.3 is 0 Å². The zero-order valence-corrected chi connectivity index (χ0v) is 20.1. The van der Waals surface area contributed by atoms with Crippen molar-refractivity contribution in [3.8, 4) is 0 Å². The monoisotopic (exact) mass is 474 g/mol. The smallest absolute Gasteiger partial charge is 0.0344 e. The Balaban J connectivity index is 0.00000113. The minimum Gasteiger partial charge on any atom is -0.280 e. The van der Waals surface area contributed by atoms with E-state index in [0.29, 0.717) is 0 Å². The molecule has 0 aliphatic carbocycles. The Labute approximate surface area is 198 Å². The minimum atomic E-state index is 0. The van der Waals surface area contributed by atoms with Gasteiger partial charge in [-0.25, -0.2) is 0 Å². The second-order valence-electron chi connectivity index (χ2n) is 5.97. The van der Waals surface area contributed by atoms with E-state index in [1.165, 1.54) is 11.1 Å². The summed E-state index contributed by atoms with van der Waals surface area (Å²) in [5.41, 5.74) is 6.37. The summed E-state index contributed by atoms with van der Waals surface area (Å²) in [7, 11) is 0. The van der Waals surface area contributed by atoms with Gasteiger partial charge in [0.2, 0.25) is 0 Å². The van der Waals surface area contributed by atoms with Gasteiger partial charge in [0, 0.05) is 76.8 Å². The van der Waals surface area contributed by atoms with Crippen molar-refractivity contribution in [2.75, 3.05) is 0 Å². The average molecular weight is 474 g/mol. The van der Waals surface area contributed by atoms with E-state index < -0.39 is 0 Å². The summed E-state index contributed by atoms with van der Waals surface area (Å²) in [6.45, 7) is 4.00. The van der Waals surface area contributed by atoms with Gasteiger partial charge in [-0.1, -0.05) is 18.6 Å². The molecule has 4 aromatic rings. The van der Waals surface area contributed by atoms with E-state index in [0.717, 1.165) is 39.6 Å². The van der Waals surface area contributed by atoms with Gasteiger partial charge in [0.05, 0.1) is 0 Å². The van der Waals surface area contributed by atoms with Gasteiger partial charge in [0.25, 0.3) is 0 Å². The molecular weight excluding hydrogens is 458 g/mol. The molecule has 0 saturated carbocycles. The maximum Gasteiger partial charge on any atom is 0.0344 e. The number of benzene rings is 2. The molecule has 0 fully saturated rings. The van der Waals surface area contributed by atoms with Crippen molar-refractivity contribution in [2.24, 2.45) is 0 Å². The first-order valence-corrected chi connectivity index (χ1v) is 7.73. The fraction of sp³-hybridized carbons (Fsp3) is 0.143. The molecule has 2 radical (unpaired) electrons. The van der Waals surface area contributed by atoms with Crippen LogP contribution in [0.15, 0.2) is 48.5 Å². The standard InChI is InChI=1S/C21H16N2.2Y/c1-14-3-7-18-12-16(5-9-20(18)22-14)11-17-6-10-21-19(13-17)8-4-15(2)23-21;;/h3-8,12-13H,11H2,1-2H3;;/q-2;;. The first-order valence-electron chi connectivity index (χ1n) is 7.73. The Bertz CT molecular complexity index is 945. The third kappa shape index (κ3) is 4.80. The number of pyridine rings is 2. The zero-order chi connectivity index (χ0) is 15.8. The summed E-state index contributed by atoms with van der Waals surface area (Å²) < 4.78 is 0. The second kappa shape index (κ2) is 8.91. The topological polar surface area (TPSA) is 25.8 Å². The number of aryl methyl sites for hydroxylation is 2. The van der Waals surface area contributed by atoms with Crippen LogP contribution in [0.25, 0.3) is 21.8 Å². The molecular formula is C21H16N2Y2-2. The van der Waals surface area contributed by atoms with Crippen LogP contribution >= 0.6 is 0 Å². The molecule has 0 amide bonds. The van der Waals surface area contributed by atoms with Crippen LogP contribution in [-0.4, -0.2) is 9.97 Å². The van der Waals surface area contributed by atoms with Crippen LogP contribution in [0.3, 0.4) is 0 Å². The Morgan fingerprint density at radius 1 is 0.720 bits per heavy atom. The minimum absolute atomic E-state index is 0. The number of nitrogens with zero attached hydrogens (tertiary/aromatic N) is 2. The molecule has 2 heterocycles. The van der Waals surface area contributed by atoms with Crippen LogP contribution < -0.4 is 0 Å². The number of fused-ring (bicyclic) bond motifs is 2. The summed E-state index contributed by atoms with van der Waals surface area (Å²) in [6, 6.07) is 23.3. The van der Waals surface area contributed by atoms with Crippen molar-refractivity contribution >= 4 is 21.8 Å². The quantitative estimate of drug-likeness (QED) is 0.398. The summed E-state index contributed by atoms with van der Waals surface area (Å²) in [4.78, 5) is 9.01. The zero-order valence-electron chi connectivity index (χ0n) is 14.4. The second-order valence-corrected chi connectivity index (χ2v) is 5.97. The Hall–Kier alpha value is -0.532. The molecule has 0 bridgehead atoms. The van der Waals surface area contributed by atoms with E-state index in [1.54, 1.807) is 0 Å². The van der Waals surface area contributed by atoms with Crippen molar-refractivity contribution in [3.05, 3.63) is 83.2 Å². The molecule has 2 aromatic heterocycles. The molecule has 25 heavy (non-hydrogen) atoms. The maximum absolute atomic E-state index is 4.50. The van der Waals surface area contributed by atoms with E-state index in [2.05, 4.69) is 46.4 Å². The van der Waals surface area contributed by atoms with E-state index in [1.807, 2.05) is 38.1 Å². The van der Waals surface area contributed by atoms with Crippen molar-refractivity contribution < 1.29 is 65.4 Å². The summed E-state index contributed by atoms with van der Waals surface area (Å²) in [6.07, 6.45) is 0.862. The van der Waals surface area contributed by atoms with Crippen molar-refractivity contribution in [2.45, 2.75) is 20.3 Å². The average Bonchev–Trinajstić information content (AvgIpc) is 2.55. The molecule has 0 atom stereocenters. The third-order valence-corrected chi connectivity index (χ3v) is 4.01. The largest absolute Gasteiger partial charge is 0.280 e. The van der Waals surface area contributed by atoms with Crippen LogP contribution in [0.4, 0.5) is 0 Å². The van der Waals surface area contributed by atoms with Crippen molar-refractivity contribution in [1.82, 2.24) is 9.97 Å². The summed E-state index contributed by atoms with van der Waals surface area (Å²) >= 11 is 0. The van der Waals surface area contributed by atoms with Gasteiger partial charge in [-0.15, -0.1) is 22.9 Å². The van der Waals surface area contributed by atoms with E-state index in [4.69, 9.17) is 0 Å². The first kappa shape index (κ1) is 20.8. The van der Waals surface area contributed by atoms with Crippen LogP contribution in [-0.2, 0) is 71.8 Å². The van der Waals surface area contributed by atoms with Gasteiger partial charge in [-0.05, 0) is 24.9 Å². The van der Waals surface area contributed by atoms with Crippen molar-refractivity contribution in [1.29, 1.82) is 0 Å². The number of rotatable bonds is 2. The van der Waals surface area contributed by atoms with Crippen molar-refractivity contribution in [3.63, 3.8) is 0 Å². The molecule has 0 spiro atoms.